The van der Waals surface area contributed by atoms with E-state index in [1.54, 1.807) is 0 Å². The number of aromatic amines is 1. The predicted molar refractivity (Wildman–Crippen MR) is 120 cm³/mol. The van der Waals surface area contributed by atoms with Gasteiger partial charge < -0.3 is 20.1 Å². The Labute approximate surface area is 200 Å². The Morgan fingerprint density at radius 2 is 1.81 bits per heavy atom. The molecule has 2 aromatic heterocycles. The Bertz CT molecular complexity index is 1440. The number of benzene rings is 2. The molecule has 4 rings (SSSR count). The van der Waals surface area contributed by atoms with Crippen LogP contribution >= 0.6 is 0 Å². The number of ether oxygens (including phenoxy) is 2. The van der Waals surface area contributed by atoms with Crippen molar-refractivity contribution in [1.29, 1.82) is 0 Å². The van der Waals surface area contributed by atoms with E-state index in [0.29, 0.717) is 0 Å². The quantitative estimate of drug-likeness (QED) is 0.314. The molecule has 2 amide bonds. The first kappa shape index (κ1) is 24.6. The lowest BCUT2D eigenvalue weighted by Crippen LogP contribution is -2.17. The number of fused-ring (bicyclic) bond motifs is 1. The van der Waals surface area contributed by atoms with E-state index in [-0.39, 0.29) is 46.2 Å². The molecule has 9 nitrogen and oxygen atoms in total. The number of pyridine rings is 1. The van der Waals surface area contributed by atoms with Gasteiger partial charge >= 0.3 is 6.18 Å². The molecule has 0 spiro atoms. The summed E-state index contributed by atoms with van der Waals surface area (Å²) in [6.45, 7) is -0.164. The third kappa shape index (κ3) is 5.58. The average Bonchev–Trinajstić information content (AvgIpc) is 3.24. The summed E-state index contributed by atoms with van der Waals surface area (Å²) in [6.07, 6.45) is -3.23. The van der Waals surface area contributed by atoms with E-state index in [1.165, 1.54) is 37.6 Å². The van der Waals surface area contributed by atoms with Gasteiger partial charge in [-0.2, -0.15) is 18.3 Å². The number of H-pyrrole nitrogens is 1. The summed E-state index contributed by atoms with van der Waals surface area (Å²) in [7, 11) is 1.37. The van der Waals surface area contributed by atoms with Crippen molar-refractivity contribution < 1.29 is 36.6 Å². The van der Waals surface area contributed by atoms with Crippen LogP contribution in [0.2, 0.25) is 0 Å². The van der Waals surface area contributed by atoms with Gasteiger partial charge in [-0.25, -0.2) is 9.37 Å². The van der Waals surface area contributed by atoms with E-state index >= 15 is 0 Å². The third-order valence-corrected chi connectivity index (χ3v) is 4.80. The minimum Gasteiger partial charge on any atom is -0.457 e. The molecule has 2 aromatic carbocycles. The number of amides is 2. The van der Waals surface area contributed by atoms with E-state index in [9.17, 15) is 27.2 Å². The van der Waals surface area contributed by atoms with Crippen molar-refractivity contribution in [2.45, 2.75) is 6.18 Å². The monoisotopic (exact) mass is 503 g/mol. The number of hydrogen-bond acceptors (Lipinski definition) is 6. The molecule has 186 valence electrons. The van der Waals surface area contributed by atoms with Gasteiger partial charge in [0.1, 0.15) is 29.7 Å². The zero-order valence-electron chi connectivity index (χ0n) is 18.4. The molecule has 4 aromatic rings. The highest BCUT2D eigenvalue weighted by atomic mass is 19.4. The smallest absolute Gasteiger partial charge is 0.416 e. The fraction of sp³-hybridized carbons (Fsp3) is 0.130. The van der Waals surface area contributed by atoms with Crippen molar-refractivity contribution in [3.8, 4) is 11.5 Å². The van der Waals surface area contributed by atoms with E-state index < -0.39 is 29.4 Å². The molecule has 0 aliphatic carbocycles. The van der Waals surface area contributed by atoms with Crippen LogP contribution in [-0.2, 0) is 15.7 Å². The minimum atomic E-state index is -4.60. The number of halogens is 4. The highest BCUT2D eigenvalue weighted by Gasteiger charge is 2.31. The summed E-state index contributed by atoms with van der Waals surface area (Å²) in [5.41, 5.74) is -1.29. The fourth-order valence-electron chi connectivity index (χ4n) is 3.19. The lowest BCUT2D eigenvalue weighted by Gasteiger charge is -2.10. The van der Waals surface area contributed by atoms with Crippen LogP contribution in [0.25, 0.3) is 10.9 Å². The molecule has 3 N–H and O–H groups in total. The first-order valence-corrected chi connectivity index (χ1v) is 10.2. The highest BCUT2D eigenvalue weighted by Crippen LogP contribution is 2.32. The topological polar surface area (TPSA) is 118 Å². The molecule has 0 saturated heterocycles. The summed E-state index contributed by atoms with van der Waals surface area (Å²) >= 11 is 0. The second kappa shape index (κ2) is 10.00. The first-order valence-electron chi connectivity index (χ1n) is 10.2. The van der Waals surface area contributed by atoms with Gasteiger partial charge in [-0.15, -0.1) is 0 Å². The van der Waals surface area contributed by atoms with Gasteiger partial charge in [0.15, 0.2) is 5.69 Å². The van der Waals surface area contributed by atoms with Gasteiger partial charge in [-0.05, 0) is 36.4 Å². The van der Waals surface area contributed by atoms with Crippen molar-refractivity contribution in [3.05, 3.63) is 71.8 Å². The normalized spacial score (nSPS) is 11.4. The van der Waals surface area contributed by atoms with Gasteiger partial charge in [0.25, 0.3) is 11.8 Å². The second-order valence-electron chi connectivity index (χ2n) is 7.39. The molecular weight excluding hydrogens is 486 g/mol. The van der Waals surface area contributed by atoms with Crippen LogP contribution < -0.4 is 15.4 Å². The van der Waals surface area contributed by atoms with Crippen LogP contribution in [0.15, 0.2) is 54.7 Å². The van der Waals surface area contributed by atoms with Gasteiger partial charge in [0.2, 0.25) is 0 Å². The standard InChI is InChI=1S/C23H17F4N5O4/c1-35-11-20(33)30-19-10-14(6-7-28-19)36-13-3-5-18(16(24)9-13)29-22(34)21-15-8-12(23(25,26)27)2-4-17(15)31-32-21/h2-10H,11H2,1H3,(H,29,34)(H,31,32)(H,28,30,33). The van der Waals surface area contributed by atoms with Crippen LogP contribution in [-0.4, -0.2) is 40.7 Å². The Hall–Kier alpha value is -4.52. The lowest BCUT2D eigenvalue weighted by molar-refractivity contribution is -0.137. The van der Waals surface area contributed by atoms with Gasteiger partial charge in [-0.3, -0.25) is 14.7 Å². The third-order valence-electron chi connectivity index (χ3n) is 4.80. The van der Waals surface area contributed by atoms with Crippen molar-refractivity contribution in [3.63, 3.8) is 0 Å². The Morgan fingerprint density at radius 3 is 2.53 bits per heavy atom. The number of alkyl halides is 3. The van der Waals surface area contributed by atoms with E-state index in [1.807, 2.05) is 0 Å². The maximum atomic E-state index is 14.7. The molecule has 0 atom stereocenters. The molecule has 0 saturated carbocycles. The SMILES string of the molecule is COCC(=O)Nc1cc(Oc2ccc(NC(=O)c3n[nH]c4ccc(C(F)(F)F)cc34)c(F)c2)ccn1. The van der Waals surface area contributed by atoms with Crippen molar-refractivity contribution in [2.75, 3.05) is 24.4 Å². The Morgan fingerprint density at radius 1 is 1.03 bits per heavy atom. The lowest BCUT2D eigenvalue weighted by atomic mass is 10.1. The molecule has 0 aliphatic heterocycles. The number of carbonyl (C=O) groups is 2. The molecule has 0 bridgehead atoms. The van der Waals surface area contributed by atoms with Gasteiger partial charge in [-0.1, -0.05) is 0 Å². The number of hydrogen-bond donors (Lipinski definition) is 3. The number of carbonyl (C=O) groups excluding carboxylic acids is 2. The molecule has 36 heavy (non-hydrogen) atoms. The average molecular weight is 503 g/mol. The first-order chi connectivity index (χ1) is 17.1. The molecule has 0 aliphatic rings. The van der Waals surface area contributed by atoms with Crippen LogP contribution in [0.1, 0.15) is 16.1 Å². The minimum absolute atomic E-state index is 0.0613. The van der Waals surface area contributed by atoms with Crippen molar-refractivity contribution in [1.82, 2.24) is 15.2 Å². The molecule has 0 radical (unpaired) electrons. The van der Waals surface area contributed by atoms with Crippen LogP contribution in [0.5, 0.6) is 11.5 Å². The summed E-state index contributed by atoms with van der Waals surface area (Å²) in [5, 5.41) is 11.0. The summed E-state index contributed by atoms with van der Waals surface area (Å²) in [5.74, 6) is -1.67. The maximum Gasteiger partial charge on any atom is 0.416 e. The number of aromatic nitrogens is 3. The zero-order valence-corrected chi connectivity index (χ0v) is 18.4. The van der Waals surface area contributed by atoms with Crippen LogP contribution in [0, 0.1) is 5.82 Å². The Balaban J connectivity index is 1.48. The number of anilines is 2. The summed E-state index contributed by atoms with van der Waals surface area (Å²) < 4.78 is 64.1. The van der Waals surface area contributed by atoms with Crippen molar-refractivity contribution in [2.24, 2.45) is 0 Å². The predicted octanol–water partition coefficient (Wildman–Crippen LogP) is 4.75. The van der Waals surface area contributed by atoms with Crippen molar-refractivity contribution >= 4 is 34.2 Å². The number of rotatable bonds is 7. The fourth-order valence-corrected chi connectivity index (χ4v) is 3.19. The highest BCUT2D eigenvalue weighted by molar-refractivity contribution is 6.11. The van der Waals surface area contributed by atoms with E-state index in [4.69, 9.17) is 9.47 Å². The van der Waals surface area contributed by atoms with Gasteiger partial charge in [0.05, 0.1) is 16.8 Å². The summed E-state index contributed by atoms with van der Waals surface area (Å²) in [6, 6.07) is 9.30. The van der Waals surface area contributed by atoms with Gasteiger partial charge in [0, 0.05) is 30.8 Å². The number of nitrogens with zero attached hydrogens (tertiary/aromatic N) is 2. The van der Waals surface area contributed by atoms with E-state index in [2.05, 4.69) is 25.8 Å². The maximum absolute atomic E-state index is 14.7. The Kier molecular flexibility index (Phi) is 6.83. The molecule has 13 heteroatoms. The van der Waals surface area contributed by atoms with Crippen LogP contribution in [0.4, 0.5) is 29.1 Å². The molecule has 0 unspecified atom stereocenters. The van der Waals surface area contributed by atoms with Crippen LogP contribution in [0.3, 0.4) is 0 Å². The number of methoxy groups -OCH3 is 1. The molecular formula is C23H17F4N5O4. The van der Waals surface area contributed by atoms with E-state index in [0.717, 1.165) is 24.3 Å². The number of nitrogens with one attached hydrogen (secondary N) is 3. The summed E-state index contributed by atoms with van der Waals surface area (Å²) in [4.78, 5) is 28.2. The second-order valence-corrected chi connectivity index (χ2v) is 7.39. The zero-order chi connectivity index (χ0) is 25.9. The molecule has 2 heterocycles. The molecule has 0 fully saturated rings. The largest absolute Gasteiger partial charge is 0.457 e.